The van der Waals surface area contributed by atoms with Gasteiger partial charge >= 0.3 is 71.7 Å². The van der Waals surface area contributed by atoms with Crippen molar-refractivity contribution in [2.45, 2.75) is 54.6 Å². The number of fused-ring (bicyclic) bond motifs is 13. The second-order valence-corrected chi connectivity index (χ2v) is 37.0. The van der Waals surface area contributed by atoms with Gasteiger partial charge in [0.1, 0.15) is 0 Å². The third kappa shape index (κ3) is 0.201. The Hall–Kier alpha value is -1.57. The van der Waals surface area contributed by atoms with Crippen molar-refractivity contribution in [3.05, 3.63) is 48.5 Å². The maximum absolute atomic E-state index is 12.2. The molecule has 4 unspecified atom stereocenters. The van der Waals surface area contributed by atoms with Gasteiger partial charge in [-0.25, -0.2) is 0 Å². The number of ketones is 1. The summed E-state index contributed by atoms with van der Waals surface area (Å²) in [6.07, 6.45) is 0. The van der Waals surface area contributed by atoms with E-state index in [0.717, 1.165) is 5.78 Å². The van der Waals surface area contributed by atoms with Crippen LogP contribution in [0.5, 0.6) is 0 Å². The second-order valence-electron chi connectivity index (χ2n) is 13.5. The standard InChI is InChI=1S/C12H9N.C7H7O.C5H5.Fe/c1-3-7-11-9(5-1)10-6-2-4-8-12(10)13-11;1-6(8)7-4-2-3-5-7;1-2-4-5-3-1;/h1-8,13H;2-5H,1H3;1-5H;. The molecule has 10 fully saturated rings. The van der Waals surface area contributed by atoms with Crippen LogP contribution in [0.25, 0.3) is 21.8 Å². The van der Waals surface area contributed by atoms with Gasteiger partial charge in [-0.15, -0.1) is 0 Å². The van der Waals surface area contributed by atoms with Crippen LogP contribution in [0.2, 0.25) is 47.7 Å². The van der Waals surface area contributed by atoms with E-state index in [1.807, 2.05) is 6.92 Å². The molecular formula is C24H21FeNO. The number of aromatic amines is 1. The number of carbonyl (C=O) groups excluding carboxylic acids is 1. The minimum Gasteiger partial charge on any atom is -0.355 e. The van der Waals surface area contributed by atoms with Crippen LogP contribution in [0.15, 0.2) is 48.5 Å². The van der Waals surface area contributed by atoms with E-state index in [1.54, 1.807) is 0 Å². The molecule has 0 aliphatic carbocycles. The fraction of sp³-hybridized carbons (Fsp3) is 0.458. The molecular weight excluding hydrogens is 374 g/mol. The molecule has 2 nitrogen and oxygen atoms in total. The van der Waals surface area contributed by atoms with Crippen LogP contribution < -0.4 is 0 Å². The number of hydrogen-bond acceptors (Lipinski definition) is 1. The molecule has 1 N–H and O–H groups in total. The van der Waals surface area contributed by atoms with Gasteiger partial charge in [0.05, 0.1) is 0 Å². The number of rotatable bonds is 1. The number of H-pyrrole nitrogens is 1. The molecule has 10 aliphatic heterocycles. The summed E-state index contributed by atoms with van der Waals surface area (Å²) in [6, 6.07) is 16.8. The van der Waals surface area contributed by atoms with Crippen molar-refractivity contribution < 1.29 is 11.3 Å². The Morgan fingerprint density at radius 1 is 0.778 bits per heavy atom. The first-order chi connectivity index (χ1) is 12.9. The van der Waals surface area contributed by atoms with Crippen LogP contribution in [-0.2, 0) is 11.3 Å². The molecule has 1 aromatic heterocycles. The predicted molar refractivity (Wildman–Crippen MR) is 103 cm³/mol. The first-order valence-electron chi connectivity index (χ1n) is 10.6. The van der Waals surface area contributed by atoms with E-state index in [4.69, 9.17) is 0 Å². The molecule has 10 saturated heterocycles. The zero-order valence-corrected chi connectivity index (χ0v) is 16.2. The Kier molecular flexibility index (Phi) is 0.563. The van der Waals surface area contributed by atoms with Gasteiger partial charge < -0.3 is 4.98 Å². The first kappa shape index (κ1) is 11.4. The summed E-state index contributed by atoms with van der Waals surface area (Å²) in [4.78, 5) is 27.3. The van der Waals surface area contributed by atoms with E-state index in [-0.39, 0.29) is 0 Å². The Morgan fingerprint density at radius 3 is 1.52 bits per heavy atom. The minimum absolute atomic E-state index is 0.555. The molecule has 0 radical (unpaired) electrons. The van der Waals surface area contributed by atoms with Gasteiger partial charge in [-0.2, -0.15) is 0 Å². The summed E-state index contributed by atoms with van der Waals surface area (Å²) >= 11 is 0. The van der Waals surface area contributed by atoms with E-state index in [9.17, 15) is 4.79 Å². The molecule has 0 saturated carbocycles. The molecule has 11 heterocycles. The SMILES string of the molecule is CC(=O)[C]12[CH]3[CH]4[CH]5[CH]1[Fe]45321678[CH]2[CH]1[CH]6[CH]7[CH]28.c1ccc2c(c1)[nH]c1ccccc12. The molecule has 3 aromatic rings. The quantitative estimate of drug-likeness (QED) is 0.460. The Morgan fingerprint density at radius 2 is 1.22 bits per heavy atom. The van der Waals surface area contributed by atoms with Gasteiger partial charge in [-0.05, 0) is 12.1 Å². The van der Waals surface area contributed by atoms with Gasteiger partial charge in [0.15, 0.2) is 0 Å². The van der Waals surface area contributed by atoms with Gasteiger partial charge in [0.25, 0.3) is 0 Å². The number of carbonyl (C=O) groups is 1. The van der Waals surface area contributed by atoms with Crippen molar-refractivity contribution in [2.75, 3.05) is 0 Å². The molecule has 1 spiro atoms. The van der Waals surface area contributed by atoms with Crippen LogP contribution in [0.1, 0.15) is 6.92 Å². The van der Waals surface area contributed by atoms with E-state index in [2.05, 4.69) is 53.5 Å². The van der Waals surface area contributed by atoms with Gasteiger partial charge in [0.2, 0.25) is 0 Å². The average Bonchev–Trinajstić information content (AvgIpc) is 3.59. The fourth-order valence-electron chi connectivity index (χ4n) is 19.0. The number of Topliss-reactive ketones (excluding diaryl/α,β-unsaturated/α-hetero) is 1. The van der Waals surface area contributed by atoms with Crippen molar-refractivity contribution in [1.82, 2.24) is 4.98 Å². The number of hydrogen-bond donors (Lipinski definition) is 1. The van der Waals surface area contributed by atoms with Crippen molar-refractivity contribution in [3.63, 3.8) is 0 Å². The minimum atomic E-state index is -2.94. The molecule has 0 amide bonds. The molecule has 10 aliphatic rings. The van der Waals surface area contributed by atoms with E-state index in [0.29, 0.717) is 4.31 Å². The van der Waals surface area contributed by atoms with Crippen molar-refractivity contribution in [3.8, 4) is 0 Å². The summed E-state index contributed by atoms with van der Waals surface area (Å²) in [7, 11) is 0. The predicted octanol–water partition coefficient (Wildman–Crippen LogP) is 6.66. The van der Waals surface area contributed by atoms with Crippen LogP contribution in [-0.4, -0.2) is 10.8 Å². The maximum Gasteiger partial charge on any atom is 0.0464 e. The summed E-state index contributed by atoms with van der Waals surface area (Å²) in [5, 5.41) is 2.61. The molecule has 13 rings (SSSR count). The van der Waals surface area contributed by atoms with E-state index >= 15 is 0 Å². The maximum atomic E-state index is 12.2. The summed E-state index contributed by atoms with van der Waals surface area (Å²) in [5.74, 6) is 0.726. The van der Waals surface area contributed by atoms with Crippen molar-refractivity contribution in [2.24, 2.45) is 0 Å². The average molecular weight is 395 g/mol. The summed E-state index contributed by atoms with van der Waals surface area (Å²) in [6.45, 7) is -0.952. The normalized spacial score (nSPS) is 78.9. The second kappa shape index (κ2) is 1.33. The fourth-order valence-corrected chi connectivity index (χ4v) is 93.5. The zero-order valence-electron chi connectivity index (χ0n) is 15.1. The third-order valence-electron chi connectivity index (χ3n) is 17.6. The van der Waals surface area contributed by atoms with Crippen molar-refractivity contribution in [1.29, 1.82) is 0 Å². The molecule has 2 aromatic carbocycles. The number of aromatic nitrogens is 1. The molecule has 4 atom stereocenters. The van der Waals surface area contributed by atoms with Crippen LogP contribution in [0, 0.1) is 0 Å². The monoisotopic (exact) mass is 395 g/mol. The van der Waals surface area contributed by atoms with Crippen LogP contribution in [0.4, 0.5) is 0 Å². The largest absolute Gasteiger partial charge is 0.355 e. The number of benzene rings is 2. The number of para-hydroxylation sites is 2. The molecule has 3 heteroatoms. The molecule has 0 bridgehead atoms. The summed E-state index contributed by atoms with van der Waals surface area (Å²) in [5.41, 5.74) is 2.42. The third-order valence-corrected chi connectivity index (χ3v) is 60.1. The van der Waals surface area contributed by atoms with E-state index in [1.165, 1.54) is 65.2 Å². The topological polar surface area (TPSA) is 32.9 Å². The van der Waals surface area contributed by atoms with Gasteiger partial charge in [0, 0.05) is 21.8 Å². The van der Waals surface area contributed by atoms with Crippen LogP contribution >= 0.6 is 0 Å². The van der Waals surface area contributed by atoms with Crippen molar-refractivity contribution >= 4 is 27.6 Å². The smallest absolute Gasteiger partial charge is 0.0464 e. The zero-order chi connectivity index (χ0) is 17.3. The summed E-state index contributed by atoms with van der Waals surface area (Å²) < 4.78 is 0.555. The Balaban J connectivity index is 0.0000000830. The Labute approximate surface area is 147 Å². The van der Waals surface area contributed by atoms with Gasteiger partial charge in [-0.1, -0.05) is 36.4 Å². The molecule has 27 heavy (non-hydrogen) atoms. The Bertz CT molecular complexity index is 1620. The number of nitrogens with one attached hydrogen (secondary N) is 1. The first-order valence-corrected chi connectivity index (χ1v) is 16.9. The van der Waals surface area contributed by atoms with Crippen LogP contribution in [0.3, 0.4) is 0 Å². The van der Waals surface area contributed by atoms with E-state index < -0.39 is 6.51 Å². The molecule has 136 valence electrons. The van der Waals surface area contributed by atoms with Gasteiger partial charge in [-0.3, -0.25) is 0 Å².